The zero-order valence-corrected chi connectivity index (χ0v) is 8.43. The van der Waals surface area contributed by atoms with E-state index in [-0.39, 0.29) is 12.4 Å². The Morgan fingerprint density at radius 2 is 2.00 bits per heavy atom. The molecular weight excluding hydrogens is 209 g/mol. The highest BCUT2D eigenvalue weighted by Gasteiger charge is 1.99. The van der Waals surface area contributed by atoms with Gasteiger partial charge in [0.05, 0.1) is 18.1 Å². The van der Waals surface area contributed by atoms with Gasteiger partial charge in [-0.1, -0.05) is 6.07 Å². The van der Waals surface area contributed by atoms with Gasteiger partial charge in [0.1, 0.15) is 18.2 Å². The summed E-state index contributed by atoms with van der Waals surface area (Å²) in [5.41, 5.74) is 5.93. The number of nitrogen functional groups attached to an aromatic ring is 1. The predicted molar refractivity (Wildman–Crippen MR) is 57.2 cm³/mol. The van der Waals surface area contributed by atoms with Gasteiger partial charge in [0.2, 0.25) is 0 Å². The SMILES string of the molecule is Nc1cnc(COc2cccc(F)c2)nc1. The van der Waals surface area contributed by atoms with Crippen molar-refractivity contribution in [2.45, 2.75) is 6.61 Å². The van der Waals surface area contributed by atoms with Crippen LogP contribution in [0.4, 0.5) is 10.1 Å². The first-order chi connectivity index (χ1) is 7.74. The van der Waals surface area contributed by atoms with E-state index >= 15 is 0 Å². The minimum Gasteiger partial charge on any atom is -0.486 e. The van der Waals surface area contributed by atoms with E-state index in [9.17, 15) is 4.39 Å². The first-order valence-electron chi connectivity index (χ1n) is 4.69. The largest absolute Gasteiger partial charge is 0.486 e. The summed E-state index contributed by atoms with van der Waals surface area (Å²) in [6.45, 7) is 0.184. The van der Waals surface area contributed by atoms with Gasteiger partial charge in [-0.25, -0.2) is 14.4 Å². The average Bonchev–Trinajstić information content (AvgIpc) is 2.28. The second kappa shape index (κ2) is 4.57. The molecule has 0 aliphatic rings. The van der Waals surface area contributed by atoms with Gasteiger partial charge >= 0.3 is 0 Å². The molecule has 0 aliphatic heterocycles. The Morgan fingerprint density at radius 3 is 2.69 bits per heavy atom. The van der Waals surface area contributed by atoms with Crippen LogP contribution in [0.25, 0.3) is 0 Å². The second-order valence-electron chi connectivity index (χ2n) is 3.18. The van der Waals surface area contributed by atoms with Gasteiger partial charge in [-0.3, -0.25) is 0 Å². The zero-order chi connectivity index (χ0) is 11.4. The van der Waals surface area contributed by atoms with E-state index < -0.39 is 0 Å². The third-order valence-electron chi connectivity index (χ3n) is 1.89. The standard InChI is InChI=1S/C11H10FN3O/c12-8-2-1-3-10(4-8)16-7-11-14-5-9(13)6-15-11/h1-6H,7,13H2. The molecule has 16 heavy (non-hydrogen) atoms. The Kier molecular flexibility index (Phi) is 2.95. The smallest absolute Gasteiger partial charge is 0.166 e. The molecule has 0 amide bonds. The third kappa shape index (κ3) is 2.66. The number of ether oxygens (including phenoxy) is 1. The average molecular weight is 219 g/mol. The first kappa shape index (κ1) is 10.4. The number of aromatic nitrogens is 2. The Labute approximate surface area is 91.9 Å². The van der Waals surface area contributed by atoms with Crippen LogP contribution in [0, 0.1) is 5.82 Å². The molecule has 1 aromatic carbocycles. The van der Waals surface area contributed by atoms with E-state index in [0.29, 0.717) is 17.3 Å². The maximum Gasteiger partial charge on any atom is 0.166 e. The normalized spacial score (nSPS) is 10.1. The van der Waals surface area contributed by atoms with Crippen molar-refractivity contribution in [1.82, 2.24) is 9.97 Å². The molecule has 0 saturated carbocycles. The van der Waals surface area contributed by atoms with Crippen LogP contribution in [0.1, 0.15) is 5.82 Å². The summed E-state index contributed by atoms with van der Waals surface area (Å²) in [6, 6.07) is 5.90. The van der Waals surface area contributed by atoms with Gasteiger partial charge in [0.15, 0.2) is 5.82 Å². The number of anilines is 1. The fourth-order valence-corrected chi connectivity index (χ4v) is 1.14. The predicted octanol–water partition coefficient (Wildman–Crippen LogP) is 1.78. The fraction of sp³-hybridized carbons (Fsp3) is 0.0909. The third-order valence-corrected chi connectivity index (χ3v) is 1.89. The van der Waals surface area contributed by atoms with Crippen molar-refractivity contribution in [1.29, 1.82) is 0 Å². The van der Waals surface area contributed by atoms with E-state index in [4.69, 9.17) is 10.5 Å². The van der Waals surface area contributed by atoms with Gasteiger partial charge in [0, 0.05) is 6.07 Å². The minimum atomic E-state index is -0.337. The molecule has 2 aromatic rings. The number of nitrogens with two attached hydrogens (primary N) is 1. The fourth-order valence-electron chi connectivity index (χ4n) is 1.14. The highest BCUT2D eigenvalue weighted by Crippen LogP contribution is 2.13. The number of hydrogen-bond donors (Lipinski definition) is 1. The monoisotopic (exact) mass is 219 g/mol. The number of rotatable bonds is 3. The van der Waals surface area contributed by atoms with E-state index in [1.807, 2.05) is 0 Å². The van der Waals surface area contributed by atoms with E-state index in [1.165, 1.54) is 24.5 Å². The lowest BCUT2D eigenvalue weighted by Crippen LogP contribution is -2.02. The van der Waals surface area contributed by atoms with Crippen LogP contribution in [-0.2, 0) is 6.61 Å². The van der Waals surface area contributed by atoms with Crippen LogP contribution in [-0.4, -0.2) is 9.97 Å². The Balaban J connectivity index is 1.99. The van der Waals surface area contributed by atoms with Crippen molar-refractivity contribution < 1.29 is 9.13 Å². The van der Waals surface area contributed by atoms with Gasteiger partial charge in [-0.15, -0.1) is 0 Å². The van der Waals surface area contributed by atoms with Crippen LogP contribution >= 0.6 is 0 Å². The summed E-state index contributed by atoms with van der Waals surface area (Å²) >= 11 is 0. The van der Waals surface area contributed by atoms with Crippen LogP contribution in [0.5, 0.6) is 5.75 Å². The number of hydrogen-bond acceptors (Lipinski definition) is 4. The molecule has 0 saturated heterocycles. The van der Waals surface area contributed by atoms with E-state index in [2.05, 4.69) is 9.97 Å². The summed E-state index contributed by atoms with van der Waals surface area (Å²) in [7, 11) is 0. The molecule has 4 nitrogen and oxygen atoms in total. The highest BCUT2D eigenvalue weighted by molar-refractivity contribution is 5.30. The summed E-state index contributed by atoms with van der Waals surface area (Å²) in [5.74, 6) is 0.606. The van der Waals surface area contributed by atoms with Crippen molar-refractivity contribution in [3.8, 4) is 5.75 Å². The minimum absolute atomic E-state index is 0.184. The number of nitrogens with zero attached hydrogens (tertiary/aromatic N) is 2. The molecule has 2 rings (SSSR count). The molecule has 2 N–H and O–H groups in total. The molecule has 0 radical (unpaired) electrons. The first-order valence-corrected chi connectivity index (χ1v) is 4.69. The molecule has 5 heteroatoms. The molecule has 82 valence electrons. The maximum atomic E-state index is 12.8. The van der Waals surface area contributed by atoms with Crippen LogP contribution in [0.2, 0.25) is 0 Å². The molecule has 0 fully saturated rings. The molecule has 0 unspecified atom stereocenters. The van der Waals surface area contributed by atoms with Gasteiger partial charge < -0.3 is 10.5 Å². The van der Waals surface area contributed by atoms with Crippen LogP contribution in [0.15, 0.2) is 36.7 Å². The van der Waals surface area contributed by atoms with Crippen LogP contribution in [0.3, 0.4) is 0 Å². The summed E-state index contributed by atoms with van der Waals surface area (Å²) in [5, 5.41) is 0. The molecule has 0 atom stereocenters. The maximum absolute atomic E-state index is 12.8. The number of benzene rings is 1. The van der Waals surface area contributed by atoms with Crippen molar-refractivity contribution in [2.24, 2.45) is 0 Å². The lowest BCUT2D eigenvalue weighted by Gasteiger charge is -2.04. The van der Waals surface area contributed by atoms with E-state index in [1.54, 1.807) is 12.1 Å². The lowest BCUT2D eigenvalue weighted by atomic mass is 10.3. The topological polar surface area (TPSA) is 61.0 Å². The molecular formula is C11H10FN3O. The molecule has 0 aliphatic carbocycles. The Bertz CT molecular complexity index is 473. The highest BCUT2D eigenvalue weighted by atomic mass is 19.1. The zero-order valence-electron chi connectivity index (χ0n) is 8.43. The quantitative estimate of drug-likeness (QED) is 0.854. The van der Waals surface area contributed by atoms with E-state index in [0.717, 1.165) is 0 Å². The molecule has 1 heterocycles. The van der Waals surface area contributed by atoms with Crippen molar-refractivity contribution in [3.05, 3.63) is 48.3 Å². The van der Waals surface area contributed by atoms with Gasteiger partial charge in [0.25, 0.3) is 0 Å². The Hall–Kier alpha value is -2.17. The second-order valence-corrected chi connectivity index (χ2v) is 3.18. The lowest BCUT2D eigenvalue weighted by molar-refractivity contribution is 0.294. The number of halogens is 1. The molecule has 1 aromatic heterocycles. The Morgan fingerprint density at radius 1 is 1.25 bits per heavy atom. The van der Waals surface area contributed by atoms with Crippen LogP contribution < -0.4 is 10.5 Å². The van der Waals surface area contributed by atoms with Crippen molar-refractivity contribution in [2.75, 3.05) is 5.73 Å². The molecule has 0 spiro atoms. The summed E-state index contributed by atoms with van der Waals surface area (Å²) < 4.78 is 18.1. The molecule has 0 bridgehead atoms. The van der Waals surface area contributed by atoms with Gasteiger partial charge in [-0.2, -0.15) is 0 Å². The van der Waals surface area contributed by atoms with Crippen molar-refractivity contribution in [3.63, 3.8) is 0 Å². The van der Waals surface area contributed by atoms with Gasteiger partial charge in [-0.05, 0) is 12.1 Å². The summed E-state index contributed by atoms with van der Waals surface area (Å²) in [4.78, 5) is 7.92. The van der Waals surface area contributed by atoms with Crippen molar-refractivity contribution >= 4 is 5.69 Å². The summed E-state index contributed by atoms with van der Waals surface area (Å²) in [6.07, 6.45) is 2.99.